The fraction of sp³-hybridized carbons (Fsp3) is 0.143. The molecule has 11 heteroatoms. The number of para-hydroxylation sites is 1. The first-order valence-corrected chi connectivity index (χ1v) is 11.8. The third-order valence-corrected chi connectivity index (χ3v) is 7.14. The zero-order valence-corrected chi connectivity index (χ0v) is 18.4. The van der Waals surface area contributed by atoms with E-state index in [4.69, 9.17) is 0 Å². The first-order chi connectivity index (χ1) is 15.3. The Kier molecular flexibility index (Phi) is 6.24. The van der Waals surface area contributed by atoms with Crippen molar-refractivity contribution in [1.82, 2.24) is 4.72 Å². The summed E-state index contributed by atoms with van der Waals surface area (Å²) in [7, 11) is -2.47. The molecule has 0 aromatic heterocycles. The summed E-state index contributed by atoms with van der Waals surface area (Å²) in [5.74, 6) is -1.89. The van der Waals surface area contributed by atoms with E-state index in [1.165, 1.54) is 31.3 Å². The number of rotatable bonds is 6. The number of hydrogen-bond donors (Lipinski definition) is 3. The zero-order chi connectivity index (χ0) is 22.9. The van der Waals surface area contributed by atoms with Gasteiger partial charge < -0.3 is 0 Å². The number of halogens is 2. The van der Waals surface area contributed by atoms with Gasteiger partial charge in [0.2, 0.25) is 0 Å². The molecule has 0 saturated carbocycles. The van der Waals surface area contributed by atoms with Crippen molar-refractivity contribution >= 4 is 39.5 Å². The number of quaternary nitrogens is 1. The SMILES string of the molecule is C[NH+](Cc1ccc(F)cc1F)C(=O)c1ccccc1NS(=O)(=O)C1=CC=CC2=NSNC12. The Morgan fingerprint density at radius 2 is 2.03 bits per heavy atom. The molecule has 4 rings (SSSR count). The fourth-order valence-corrected chi connectivity index (χ4v) is 5.48. The highest BCUT2D eigenvalue weighted by Gasteiger charge is 2.34. The number of anilines is 1. The summed E-state index contributed by atoms with van der Waals surface area (Å²) in [6, 6.07) is 8.78. The van der Waals surface area contributed by atoms with Gasteiger partial charge in [0.05, 0.1) is 41.5 Å². The minimum atomic E-state index is -4.00. The normalized spacial score (nSPS) is 18.5. The summed E-state index contributed by atoms with van der Waals surface area (Å²) in [6.07, 6.45) is 4.80. The van der Waals surface area contributed by atoms with E-state index in [0.29, 0.717) is 5.71 Å². The Morgan fingerprint density at radius 3 is 2.81 bits per heavy atom. The fourth-order valence-electron chi connectivity index (χ4n) is 3.39. The molecule has 32 heavy (non-hydrogen) atoms. The highest BCUT2D eigenvalue weighted by atomic mass is 32.2. The van der Waals surface area contributed by atoms with E-state index in [1.807, 2.05) is 0 Å². The van der Waals surface area contributed by atoms with Crippen molar-refractivity contribution in [2.75, 3.05) is 11.8 Å². The van der Waals surface area contributed by atoms with Crippen molar-refractivity contribution in [1.29, 1.82) is 0 Å². The Hall–Kier alpha value is -2.86. The minimum Gasteiger partial charge on any atom is -0.279 e. The van der Waals surface area contributed by atoms with Crippen LogP contribution in [0.25, 0.3) is 0 Å². The molecule has 7 nitrogen and oxygen atoms in total. The first-order valence-electron chi connectivity index (χ1n) is 9.57. The molecule has 166 valence electrons. The number of hydrogen-bond acceptors (Lipinski definition) is 6. The van der Waals surface area contributed by atoms with Crippen LogP contribution in [0.2, 0.25) is 0 Å². The van der Waals surface area contributed by atoms with Gasteiger partial charge in [-0.2, -0.15) is 0 Å². The second kappa shape index (κ2) is 8.94. The van der Waals surface area contributed by atoms with Crippen LogP contribution in [-0.4, -0.2) is 33.1 Å². The standard InChI is InChI=1S/C21H18F2N4O3S2/c1-27(12-13-9-10-14(22)11-16(13)23)21(28)15-5-2-3-6-17(15)26-32(29,30)19-8-4-7-18-20(19)25-31-24-18/h2-11,20,25-26H,12H2,1H3/p+1. The van der Waals surface area contributed by atoms with Gasteiger partial charge in [0.1, 0.15) is 23.7 Å². The highest BCUT2D eigenvalue weighted by molar-refractivity contribution is 7.97. The number of amides is 1. The van der Waals surface area contributed by atoms with E-state index in [0.717, 1.165) is 24.3 Å². The maximum atomic E-state index is 14.0. The molecule has 2 aromatic rings. The number of fused-ring (bicyclic) bond motifs is 1. The Balaban J connectivity index is 1.57. The predicted molar refractivity (Wildman–Crippen MR) is 119 cm³/mol. The number of allylic oxidation sites excluding steroid dienone is 2. The molecule has 1 amide bonds. The monoisotopic (exact) mass is 477 g/mol. The molecule has 0 saturated heterocycles. The summed E-state index contributed by atoms with van der Waals surface area (Å²) in [5.41, 5.74) is 1.00. The zero-order valence-electron chi connectivity index (χ0n) is 16.8. The van der Waals surface area contributed by atoms with Gasteiger partial charge in [-0.3, -0.25) is 9.62 Å². The maximum Gasteiger partial charge on any atom is 0.346 e. The lowest BCUT2D eigenvalue weighted by molar-refractivity contribution is -0.806. The summed E-state index contributed by atoms with van der Waals surface area (Å²) >= 11 is 1.06. The summed E-state index contributed by atoms with van der Waals surface area (Å²) in [5, 5.41) is 0. The van der Waals surface area contributed by atoms with Gasteiger partial charge in [0.25, 0.3) is 10.0 Å². The average molecular weight is 478 g/mol. The van der Waals surface area contributed by atoms with E-state index in [9.17, 15) is 22.0 Å². The van der Waals surface area contributed by atoms with Gasteiger partial charge in [0.15, 0.2) is 0 Å². The second-order valence-corrected chi connectivity index (χ2v) is 9.54. The van der Waals surface area contributed by atoms with E-state index < -0.39 is 33.6 Å². The number of sulfonamides is 1. The molecule has 3 N–H and O–H groups in total. The number of benzene rings is 2. The number of carbonyl (C=O) groups is 1. The number of nitrogens with one attached hydrogen (secondary N) is 3. The van der Waals surface area contributed by atoms with Crippen LogP contribution >= 0.6 is 12.1 Å². The van der Waals surface area contributed by atoms with E-state index in [1.54, 1.807) is 24.3 Å². The van der Waals surface area contributed by atoms with E-state index in [2.05, 4.69) is 13.8 Å². The predicted octanol–water partition coefficient (Wildman–Crippen LogP) is 1.99. The van der Waals surface area contributed by atoms with Gasteiger partial charge >= 0.3 is 5.91 Å². The molecule has 1 aliphatic heterocycles. The van der Waals surface area contributed by atoms with Crippen LogP contribution in [0, 0.1) is 11.6 Å². The highest BCUT2D eigenvalue weighted by Crippen LogP contribution is 2.27. The molecule has 1 heterocycles. The lowest BCUT2D eigenvalue weighted by Crippen LogP contribution is -3.10. The van der Waals surface area contributed by atoms with Gasteiger partial charge in [-0.25, -0.2) is 31.1 Å². The van der Waals surface area contributed by atoms with Crippen LogP contribution in [0.3, 0.4) is 0 Å². The van der Waals surface area contributed by atoms with Crippen molar-refractivity contribution in [3.63, 3.8) is 0 Å². The third-order valence-electron chi connectivity index (χ3n) is 5.01. The quantitative estimate of drug-likeness (QED) is 0.554. The molecule has 1 aliphatic carbocycles. The molecular formula is C21H19F2N4O3S2+. The molecule has 0 bridgehead atoms. The van der Waals surface area contributed by atoms with Crippen molar-refractivity contribution < 1.29 is 26.9 Å². The lowest BCUT2D eigenvalue weighted by atomic mass is 10.1. The van der Waals surface area contributed by atoms with Gasteiger partial charge in [-0.1, -0.05) is 18.2 Å². The molecule has 2 atom stereocenters. The van der Waals surface area contributed by atoms with Crippen molar-refractivity contribution in [3.05, 3.63) is 88.4 Å². The van der Waals surface area contributed by atoms with Crippen LogP contribution < -0.4 is 14.3 Å². The largest absolute Gasteiger partial charge is 0.346 e. The van der Waals surface area contributed by atoms with Gasteiger partial charge in [0, 0.05) is 11.6 Å². The maximum absolute atomic E-state index is 14.0. The van der Waals surface area contributed by atoms with Gasteiger partial charge in [-0.15, -0.1) is 0 Å². The molecule has 0 fully saturated rings. The van der Waals surface area contributed by atoms with Crippen molar-refractivity contribution in [3.8, 4) is 0 Å². The lowest BCUT2D eigenvalue weighted by Gasteiger charge is -2.20. The average Bonchev–Trinajstić information content (AvgIpc) is 3.24. The Labute approximate surface area is 188 Å². The van der Waals surface area contributed by atoms with Crippen LogP contribution in [0.5, 0.6) is 0 Å². The molecule has 2 aliphatic rings. The molecule has 2 unspecified atom stereocenters. The molecule has 0 spiro atoms. The minimum absolute atomic E-state index is 0.0367. The van der Waals surface area contributed by atoms with Crippen molar-refractivity contribution in [2.24, 2.45) is 4.40 Å². The van der Waals surface area contributed by atoms with Crippen LogP contribution in [-0.2, 0) is 16.6 Å². The smallest absolute Gasteiger partial charge is 0.279 e. The molecule has 2 aromatic carbocycles. The van der Waals surface area contributed by atoms with Crippen molar-refractivity contribution in [2.45, 2.75) is 12.6 Å². The summed E-state index contributed by atoms with van der Waals surface area (Å²) in [4.78, 5) is 13.4. The topological polar surface area (TPSA) is 92.1 Å². The van der Waals surface area contributed by atoms with E-state index in [-0.39, 0.29) is 33.2 Å². The number of carbonyl (C=O) groups excluding carboxylic acids is 1. The van der Waals surface area contributed by atoms with Gasteiger partial charge in [-0.05, 0) is 36.4 Å². The first kappa shape index (κ1) is 22.3. The summed E-state index contributed by atoms with van der Waals surface area (Å²) in [6.45, 7) is -0.0367. The van der Waals surface area contributed by atoms with Crippen LogP contribution in [0.1, 0.15) is 15.9 Å². The second-order valence-electron chi connectivity index (χ2n) is 7.26. The Bertz CT molecular complexity index is 1280. The third kappa shape index (κ3) is 4.51. The van der Waals surface area contributed by atoms with E-state index >= 15 is 0 Å². The number of nitrogens with zero attached hydrogens (tertiary/aromatic N) is 1. The summed E-state index contributed by atoms with van der Waals surface area (Å²) < 4.78 is 62.9. The van der Waals surface area contributed by atoms with Crippen LogP contribution in [0.15, 0.2) is 70.0 Å². The van der Waals surface area contributed by atoms with Crippen LogP contribution in [0.4, 0.5) is 14.5 Å². The molecular weight excluding hydrogens is 458 g/mol. The molecule has 0 radical (unpaired) electrons. The Morgan fingerprint density at radius 1 is 1.25 bits per heavy atom.